The van der Waals surface area contributed by atoms with Crippen LogP contribution in [-0.2, 0) is 19.2 Å². The number of nitrogens with zero attached hydrogens (tertiary/aromatic N) is 1. The van der Waals surface area contributed by atoms with Gasteiger partial charge in [-0.25, -0.2) is 0 Å². The molecule has 0 N–H and O–H groups in total. The summed E-state index contributed by atoms with van der Waals surface area (Å²) in [5.74, 6) is 0.930. The maximum atomic E-state index is 13.8. The van der Waals surface area contributed by atoms with Gasteiger partial charge >= 0.3 is 5.97 Å². The van der Waals surface area contributed by atoms with Crippen LogP contribution in [0.2, 0.25) is 0 Å². The van der Waals surface area contributed by atoms with E-state index in [0.717, 1.165) is 51.4 Å². The van der Waals surface area contributed by atoms with Crippen molar-refractivity contribution in [3.05, 3.63) is 4.91 Å². The van der Waals surface area contributed by atoms with Gasteiger partial charge in [0.05, 0.1) is 5.41 Å². The molecule has 0 radical (unpaired) electrons. The number of rotatable bonds is 2. The molecule has 36 heavy (non-hydrogen) atoms. The Bertz CT molecular complexity index is 1040. The molecule has 0 amide bonds. The molecule has 0 aromatic carbocycles. The molecule has 1 saturated heterocycles. The zero-order chi connectivity index (χ0) is 26.2. The lowest BCUT2D eigenvalue weighted by Crippen LogP contribution is -2.76. The predicted molar refractivity (Wildman–Crippen MR) is 135 cm³/mol. The second-order valence-corrected chi connectivity index (χ2v) is 15.7. The summed E-state index contributed by atoms with van der Waals surface area (Å²) < 4.78 is 6.70. The van der Waals surface area contributed by atoms with E-state index in [2.05, 4.69) is 53.8 Å². The molecule has 6 nitrogen and oxygen atoms in total. The first kappa shape index (κ1) is 24.9. The van der Waals surface area contributed by atoms with Crippen LogP contribution < -0.4 is 0 Å². The highest BCUT2D eigenvalue weighted by atomic mass is 16.7. The minimum Gasteiger partial charge on any atom is -0.454 e. The van der Waals surface area contributed by atoms with Crippen LogP contribution in [0.15, 0.2) is 5.34 Å². The highest BCUT2D eigenvalue weighted by molar-refractivity contribution is 5.85. The number of hydrogen-bond acceptors (Lipinski definition) is 6. The van der Waals surface area contributed by atoms with Gasteiger partial charge in [-0.15, -0.1) is 4.91 Å². The summed E-state index contributed by atoms with van der Waals surface area (Å²) in [4.78, 5) is 44.4. The molecule has 5 aliphatic carbocycles. The number of carbonyl (C=O) groups excluding carboxylic acids is 2. The second-order valence-electron chi connectivity index (χ2n) is 15.7. The van der Waals surface area contributed by atoms with Crippen LogP contribution in [0.3, 0.4) is 0 Å². The molecule has 3 unspecified atom stereocenters. The van der Waals surface area contributed by atoms with E-state index in [0.29, 0.717) is 24.5 Å². The first-order valence-electron chi connectivity index (χ1n) is 14.4. The van der Waals surface area contributed by atoms with Gasteiger partial charge in [-0.2, -0.15) is 0 Å². The molecule has 6 aliphatic rings. The number of esters is 1. The molecule has 6 rings (SSSR count). The van der Waals surface area contributed by atoms with Crippen molar-refractivity contribution in [1.82, 2.24) is 0 Å². The SMILES string of the molecule is CC1(C)CC[C@@]23CC[C@]4(C)[C@@](OC2=O)(C3C1)[C@@H](ON=O)CC1[C@@]2(C)CCC(=O)C(C)(C)C2CC[C@]14C. The van der Waals surface area contributed by atoms with Crippen molar-refractivity contribution in [2.45, 2.75) is 124 Å². The normalized spacial score (nSPS) is 54.3. The Balaban J connectivity index is 1.53. The fourth-order valence-corrected chi connectivity index (χ4v) is 11.8. The van der Waals surface area contributed by atoms with Crippen molar-refractivity contribution in [2.75, 3.05) is 0 Å². The molecule has 0 aromatic rings. The molecule has 1 aliphatic heterocycles. The number of Topliss-reactive ketones (excluding diaryl/α,β-unsaturated/α-hetero) is 1. The Labute approximate surface area is 215 Å². The highest BCUT2D eigenvalue weighted by Gasteiger charge is 2.84. The molecule has 6 fully saturated rings. The quantitative estimate of drug-likeness (QED) is 0.237. The van der Waals surface area contributed by atoms with E-state index in [1.807, 2.05) is 0 Å². The smallest absolute Gasteiger partial charge is 0.313 e. The summed E-state index contributed by atoms with van der Waals surface area (Å²) in [5, 5.41) is 3.02. The van der Waals surface area contributed by atoms with E-state index in [9.17, 15) is 14.5 Å². The fraction of sp³-hybridized carbons (Fsp3) is 0.933. The lowest BCUT2D eigenvalue weighted by Gasteiger charge is -2.74. The van der Waals surface area contributed by atoms with Crippen molar-refractivity contribution in [3.8, 4) is 0 Å². The average Bonchev–Trinajstić information content (AvgIpc) is 2.97. The van der Waals surface area contributed by atoms with Gasteiger partial charge in [-0.05, 0) is 85.9 Å². The summed E-state index contributed by atoms with van der Waals surface area (Å²) >= 11 is 0. The van der Waals surface area contributed by atoms with Crippen molar-refractivity contribution in [1.29, 1.82) is 0 Å². The van der Waals surface area contributed by atoms with Gasteiger partial charge in [0, 0.05) is 23.2 Å². The van der Waals surface area contributed by atoms with Gasteiger partial charge in [-0.3, -0.25) is 9.59 Å². The van der Waals surface area contributed by atoms with Crippen LogP contribution >= 0.6 is 0 Å². The Kier molecular flexibility index (Phi) is 4.79. The van der Waals surface area contributed by atoms with Gasteiger partial charge in [0.2, 0.25) is 0 Å². The third-order valence-electron chi connectivity index (χ3n) is 13.9. The van der Waals surface area contributed by atoms with Gasteiger partial charge < -0.3 is 9.57 Å². The van der Waals surface area contributed by atoms with Gasteiger partial charge in [0.1, 0.15) is 5.78 Å². The van der Waals surface area contributed by atoms with E-state index >= 15 is 0 Å². The third-order valence-corrected chi connectivity index (χ3v) is 13.9. The first-order chi connectivity index (χ1) is 16.6. The van der Waals surface area contributed by atoms with E-state index in [-0.39, 0.29) is 44.9 Å². The highest BCUT2D eigenvalue weighted by Crippen LogP contribution is 2.80. The molecule has 5 saturated carbocycles. The zero-order valence-electron chi connectivity index (χ0n) is 23.4. The first-order valence-corrected chi connectivity index (χ1v) is 14.4. The monoisotopic (exact) mass is 499 g/mol. The van der Waals surface area contributed by atoms with Crippen LogP contribution in [0.25, 0.3) is 0 Å². The minimum absolute atomic E-state index is 0.0392. The predicted octanol–water partition coefficient (Wildman–Crippen LogP) is 6.79. The number of hydrogen-bond donors (Lipinski definition) is 0. The lowest BCUT2D eigenvalue weighted by molar-refractivity contribution is -0.319. The molecular formula is C30H45NO5. The molecule has 0 aromatic heterocycles. The standard InChI is InChI=1S/C30H45NO5/c1-24(2)12-14-29-15-13-28(7)27(6)11-8-18-25(3,4)21(32)9-10-26(18,5)19(27)16-22(36-31-34)30(28,20(29)17-24)35-23(29)33/h18-20,22H,8-17H2,1-7H3/t18?,19?,20?,22-,26-,27+,28-,29-,30+/m0/s1. The molecule has 9 atom stereocenters. The summed E-state index contributed by atoms with van der Waals surface area (Å²) in [6.07, 6.45) is 8.19. The molecule has 2 bridgehead atoms. The summed E-state index contributed by atoms with van der Waals surface area (Å²) in [6, 6.07) is 0. The van der Waals surface area contributed by atoms with Crippen molar-refractivity contribution >= 4 is 11.8 Å². The van der Waals surface area contributed by atoms with Crippen LogP contribution in [0, 0.1) is 55.2 Å². The number of ketones is 1. The van der Waals surface area contributed by atoms with Crippen LogP contribution in [0.4, 0.5) is 0 Å². The lowest BCUT2D eigenvalue weighted by atomic mass is 9.30. The minimum atomic E-state index is -0.831. The molecule has 6 heteroatoms. The molecule has 1 spiro atoms. The van der Waals surface area contributed by atoms with Crippen molar-refractivity contribution in [2.24, 2.45) is 55.6 Å². The van der Waals surface area contributed by atoms with Crippen LogP contribution in [0.5, 0.6) is 0 Å². The summed E-state index contributed by atoms with van der Waals surface area (Å²) in [6.45, 7) is 16.1. The topological polar surface area (TPSA) is 82.0 Å². The second kappa shape index (κ2) is 6.94. The average molecular weight is 500 g/mol. The van der Waals surface area contributed by atoms with E-state index < -0.39 is 17.1 Å². The van der Waals surface area contributed by atoms with Crippen molar-refractivity contribution < 1.29 is 19.2 Å². The maximum absolute atomic E-state index is 13.8. The largest absolute Gasteiger partial charge is 0.454 e. The van der Waals surface area contributed by atoms with Crippen LogP contribution in [-0.4, -0.2) is 23.5 Å². The zero-order valence-corrected chi connectivity index (χ0v) is 23.4. The fourth-order valence-electron chi connectivity index (χ4n) is 11.8. The Morgan fingerprint density at radius 3 is 2.25 bits per heavy atom. The van der Waals surface area contributed by atoms with E-state index in [1.54, 1.807) is 0 Å². The number of fused-ring (bicyclic) bond motifs is 4. The summed E-state index contributed by atoms with van der Waals surface area (Å²) in [5.41, 5.74) is -1.98. The van der Waals surface area contributed by atoms with Crippen LogP contribution in [0.1, 0.15) is 113 Å². The number of ether oxygens (including phenoxy) is 1. The Morgan fingerprint density at radius 2 is 1.56 bits per heavy atom. The molecule has 1 heterocycles. The van der Waals surface area contributed by atoms with Gasteiger partial charge in [-0.1, -0.05) is 48.5 Å². The van der Waals surface area contributed by atoms with E-state index in [4.69, 9.17) is 9.57 Å². The number of carbonyl (C=O) groups is 2. The van der Waals surface area contributed by atoms with Gasteiger partial charge in [0.15, 0.2) is 17.0 Å². The summed E-state index contributed by atoms with van der Waals surface area (Å²) in [7, 11) is 0. The Hall–Kier alpha value is -1.46. The van der Waals surface area contributed by atoms with Crippen molar-refractivity contribution in [3.63, 3.8) is 0 Å². The third kappa shape index (κ3) is 2.51. The van der Waals surface area contributed by atoms with E-state index in [1.165, 1.54) is 0 Å². The molecule has 200 valence electrons. The molecular weight excluding hydrogens is 454 g/mol. The van der Waals surface area contributed by atoms with Gasteiger partial charge in [0.25, 0.3) is 0 Å². The Morgan fingerprint density at radius 1 is 0.861 bits per heavy atom. The maximum Gasteiger partial charge on any atom is 0.313 e.